The van der Waals surface area contributed by atoms with Gasteiger partial charge in [0.1, 0.15) is 6.61 Å². The van der Waals surface area contributed by atoms with Crippen molar-refractivity contribution in [1.29, 1.82) is 0 Å². The zero-order chi connectivity index (χ0) is 15.2. The molecule has 8 nitrogen and oxygen atoms in total. The molecule has 1 N–H and O–H groups in total. The number of carboxylic acid groups (broad SMARTS) is 1. The summed E-state index contributed by atoms with van der Waals surface area (Å²) in [6, 6.07) is 1.59. The lowest BCUT2D eigenvalue weighted by molar-refractivity contribution is -0.137. The number of aromatic nitrogens is 1. The number of piperazine rings is 1. The van der Waals surface area contributed by atoms with E-state index in [1.165, 1.54) is 0 Å². The Balaban J connectivity index is 1.83. The molecule has 2 rings (SSSR count). The SMILES string of the molecule is COCc1cc(C(=O)N2CCN(CCC(=O)O)CC2)no1. The standard InChI is InChI=1S/C13H19N3O5/c1-20-9-10-8-11(14-21-10)13(19)16-6-4-15(5-7-16)3-2-12(17)18/h8H,2-7,9H2,1H3,(H,17,18). The number of ether oxygens (including phenoxy) is 1. The van der Waals surface area contributed by atoms with E-state index in [1.807, 2.05) is 4.90 Å². The summed E-state index contributed by atoms with van der Waals surface area (Å²) in [5.74, 6) is -0.457. The Kier molecular flexibility index (Phi) is 5.29. The lowest BCUT2D eigenvalue weighted by Gasteiger charge is -2.33. The van der Waals surface area contributed by atoms with Gasteiger partial charge in [0, 0.05) is 45.9 Å². The van der Waals surface area contributed by atoms with Gasteiger partial charge in [-0.2, -0.15) is 0 Å². The minimum Gasteiger partial charge on any atom is -0.481 e. The van der Waals surface area contributed by atoms with Crippen molar-refractivity contribution in [3.8, 4) is 0 Å². The number of methoxy groups -OCH3 is 1. The van der Waals surface area contributed by atoms with Crippen molar-refractivity contribution in [2.45, 2.75) is 13.0 Å². The van der Waals surface area contributed by atoms with Crippen LogP contribution in [0.1, 0.15) is 22.7 Å². The molecule has 0 saturated carbocycles. The van der Waals surface area contributed by atoms with Gasteiger partial charge in [0.2, 0.25) is 0 Å². The van der Waals surface area contributed by atoms with E-state index in [-0.39, 0.29) is 24.6 Å². The van der Waals surface area contributed by atoms with Gasteiger partial charge in [-0.15, -0.1) is 0 Å². The Morgan fingerprint density at radius 1 is 1.38 bits per heavy atom. The van der Waals surface area contributed by atoms with Gasteiger partial charge < -0.3 is 19.3 Å². The largest absolute Gasteiger partial charge is 0.481 e. The minimum absolute atomic E-state index is 0.123. The fourth-order valence-electron chi connectivity index (χ4n) is 2.21. The van der Waals surface area contributed by atoms with Crippen LogP contribution in [-0.2, 0) is 16.1 Å². The van der Waals surface area contributed by atoms with Gasteiger partial charge in [-0.1, -0.05) is 5.16 Å². The van der Waals surface area contributed by atoms with E-state index < -0.39 is 5.97 Å². The van der Waals surface area contributed by atoms with Crippen molar-refractivity contribution >= 4 is 11.9 Å². The first-order chi connectivity index (χ1) is 10.1. The number of carboxylic acids is 1. The molecule has 116 valence electrons. The number of carbonyl (C=O) groups excluding carboxylic acids is 1. The van der Waals surface area contributed by atoms with E-state index in [9.17, 15) is 9.59 Å². The summed E-state index contributed by atoms with van der Waals surface area (Å²) in [4.78, 5) is 26.5. The van der Waals surface area contributed by atoms with Crippen molar-refractivity contribution in [2.75, 3.05) is 39.8 Å². The highest BCUT2D eigenvalue weighted by atomic mass is 16.5. The summed E-state index contributed by atoms with van der Waals surface area (Å²) in [7, 11) is 1.54. The lowest BCUT2D eigenvalue weighted by Crippen LogP contribution is -2.49. The Morgan fingerprint density at radius 2 is 2.10 bits per heavy atom. The van der Waals surface area contributed by atoms with Crippen LogP contribution in [0.25, 0.3) is 0 Å². The fourth-order valence-corrected chi connectivity index (χ4v) is 2.21. The Labute approximate surface area is 122 Å². The Bertz CT molecular complexity index is 494. The van der Waals surface area contributed by atoms with Gasteiger partial charge in [0.05, 0.1) is 6.42 Å². The molecule has 1 aliphatic heterocycles. The predicted octanol–water partition coefficient (Wildman–Crippen LogP) is 0.0535. The van der Waals surface area contributed by atoms with Crippen LogP contribution in [0.5, 0.6) is 0 Å². The van der Waals surface area contributed by atoms with Crippen molar-refractivity contribution in [1.82, 2.24) is 15.0 Å². The average molecular weight is 297 g/mol. The first kappa shape index (κ1) is 15.5. The van der Waals surface area contributed by atoms with E-state index >= 15 is 0 Å². The van der Waals surface area contributed by atoms with Gasteiger partial charge >= 0.3 is 5.97 Å². The number of aliphatic carboxylic acids is 1. The molecule has 0 aromatic carbocycles. The fraction of sp³-hybridized carbons (Fsp3) is 0.615. The molecule has 21 heavy (non-hydrogen) atoms. The number of hydrogen-bond acceptors (Lipinski definition) is 6. The van der Waals surface area contributed by atoms with E-state index in [0.717, 1.165) is 0 Å². The molecule has 0 bridgehead atoms. The van der Waals surface area contributed by atoms with E-state index in [2.05, 4.69) is 5.16 Å². The normalized spacial score (nSPS) is 16.1. The summed E-state index contributed by atoms with van der Waals surface area (Å²) in [6.45, 7) is 3.25. The second-order valence-corrected chi connectivity index (χ2v) is 4.89. The third-order valence-electron chi connectivity index (χ3n) is 3.37. The first-order valence-corrected chi connectivity index (χ1v) is 6.78. The zero-order valence-electron chi connectivity index (χ0n) is 11.9. The second-order valence-electron chi connectivity index (χ2n) is 4.89. The lowest BCUT2D eigenvalue weighted by atomic mass is 10.2. The summed E-state index contributed by atoms with van der Waals surface area (Å²) in [5.41, 5.74) is 0.279. The number of rotatable bonds is 6. The summed E-state index contributed by atoms with van der Waals surface area (Å²) < 4.78 is 9.92. The van der Waals surface area contributed by atoms with Crippen molar-refractivity contribution in [3.05, 3.63) is 17.5 Å². The Hall–Kier alpha value is -1.93. The first-order valence-electron chi connectivity index (χ1n) is 6.78. The van der Waals surface area contributed by atoms with E-state index in [0.29, 0.717) is 38.5 Å². The molecule has 0 spiro atoms. The van der Waals surface area contributed by atoms with Gasteiger partial charge in [-0.3, -0.25) is 14.5 Å². The van der Waals surface area contributed by atoms with Crippen LogP contribution >= 0.6 is 0 Å². The molecular formula is C13H19N3O5. The molecular weight excluding hydrogens is 278 g/mol. The van der Waals surface area contributed by atoms with Crippen LogP contribution in [-0.4, -0.2) is 71.8 Å². The third-order valence-corrected chi connectivity index (χ3v) is 3.37. The van der Waals surface area contributed by atoms with Gasteiger partial charge in [0.25, 0.3) is 5.91 Å². The van der Waals surface area contributed by atoms with Crippen LogP contribution < -0.4 is 0 Å². The molecule has 1 amide bonds. The molecule has 1 aromatic heterocycles. The number of amides is 1. The minimum atomic E-state index is -0.804. The molecule has 0 unspecified atom stereocenters. The molecule has 0 atom stereocenters. The predicted molar refractivity (Wildman–Crippen MR) is 71.8 cm³/mol. The van der Waals surface area contributed by atoms with Gasteiger partial charge in [-0.25, -0.2) is 0 Å². The van der Waals surface area contributed by atoms with Crippen LogP contribution in [0.2, 0.25) is 0 Å². The number of hydrogen-bond donors (Lipinski definition) is 1. The van der Waals surface area contributed by atoms with Crippen molar-refractivity contribution < 1.29 is 24.0 Å². The summed E-state index contributed by atoms with van der Waals surface area (Å²) in [6.07, 6.45) is 0.123. The van der Waals surface area contributed by atoms with E-state index in [4.69, 9.17) is 14.4 Å². The van der Waals surface area contributed by atoms with Crippen molar-refractivity contribution in [3.63, 3.8) is 0 Å². The molecule has 1 aromatic rings. The second kappa shape index (κ2) is 7.19. The third kappa shape index (κ3) is 4.27. The van der Waals surface area contributed by atoms with E-state index in [1.54, 1.807) is 18.1 Å². The molecule has 2 heterocycles. The summed E-state index contributed by atoms with van der Waals surface area (Å²) in [5, 5.41) is 12.4. The van der Waals surface area contributed by atoms with Gasteiger partial charge in [0.15, 0.2) is 11.5 Å². The highest BCUT2D eigenvalue weighted by molar-refractivity contribution is 5.92. The van der Waals surface area contributed by atoms with Crippen LogP contribution in [0, 0.1) is 0 Å². The molecule has 1 aliphatic rings. The monoisotopic (exact) mass is 297 g/mol. The van der Waals surface area contributed by atoms with Crippen LogP contribution in [0.15, 0.2) is 10.6 Å². The summed E-state index contributed by atoms with van der Waals surface area (Å²) >= 11 is 0. The molecule has 8 heteroatoms. The quantitative estimate of drug-likeness (QED) is 0.792. The maximum atomic E-state index is 12.2. The Morgan fingerprint density at radius 3 is 2.71 bits per heavy atom. The topological polar surface area (TPSA) is 96.1 Å². The molecule has 0 radical (unpaired) electrons. The van der Waals surface area contributed by atoms with Gasteiger partial charge in [-0.05, 0) is 0 Å². The number of nitrogens with zero attached hydrogens (tertiary/aromatic N) is 3. The average Bonchev–Trinajstić information content (AvgIpc) is 2.94. The van der Waals surface area contributed by atoms with Crippen molar-refractivity contribution in [2.24, 2.45) is 0 Å². The highest BCUT2D eigenvalue weighted by Crippen LogP contribution is 2.10. The maximum Gasteiger partial charge on any atom is 0.304 e. The van der Waals surface area contributed by atoms with Crippen LogP contribution in [0.3, 0.4) is 0 Å². The zero-order valence-corrected chi connectivity index (χ0v) is 11.9. The smallest absolute Gasteiger partial charge is 0.304 e. The highest BCUT2D eigenvalue weighted by Gasteiger charge is 2.24. The van der Waals surface area contributed by atoms with Crippen LogP contribution in [0.4, 0.5) is 0 Å². The maximum absolute atomic E-state index is 12.2. The molecule has 0 aliphatic carbocycles. The molecule has 1 saturated heterocycles. The number of carbonyl (C=O) groups is 2. The molecule has 1 fully saturated rings.